The van der Waals surface area contributed by atoms with Crippen molar-refractivity contribution in [2.75, 3.05) is 6.61 Å². The number of hydrogen-bond donors (Lipinski definition) is 1. The van der Waals surface area contributed by atoms with E-state index in [9.17, 15) is 5.11 Å². The molecular weight excluding hydrogens is 267 g/mol. The van der Waals surface area contributed by atoms with Crippen molar-refractivity contribution >= 4 is 12.6 Å². The third kappa shape index (κ3) is 3.79. The smallest absolute Gasteiger partial charge is 0.491 e. The minimum atomic E-state index is -0.843. The molecular formula is C16H25BO4. The summed E-state index contributed by atoms with van der Waals surface area (Å²) in [7, 11) is -0.363. The van der Waals surface area contributed by atoms with Gasteiger partial charge < -0.3 is 19.2 Å². The van der Waals surface area contributed by atoms with Crippen molar-refractivity contribution in [3.8, 4) is 5.75 Å². The molecule has 0 amide bonds. The van der Waals surface area contributed by atoms with Crippen LogP contribution in [0.2, 0.25) is 0 Å². The summed E-state index contributed by atoms with van der Waals surface area (Å²) >= 11 is 0. The van der Waals surface area contributed by atoms with Gasteiger partial charge in [-0.25, -0.2) is 0 Å². The second-order valence-electron chi connectivity index (χ2n) is 7.26. The number of hydrogen-bond acceptors (Lipinski definition) is 4. The highest BCUT2D eigenvalue weighted by Crippen LogP contribution is 2.36. The van der Waals surface area contributed by atoms with Gasteiger partial charge in [0.15, 0.2) is 0 Å². The van der Waals surface area contributed by atoms with E-state index in [4.69, 9.17) is 14.0 Å². The summed E-state index contributed by atoms with van der Waals surface area (Å²) in [6.07, 6.45) is 0. The van der Waals surface area contributed by atoms with Crippen LogP contribution in [0.25, 0.3) is 0 Å². The van der Waals surface area contributed by atoms with Gasteiger partial charge in [-0.2, -0.15) is 0 Å². The summed E-state index contributed by atoms with van der Waals surface area (Å²) in [6, 6.07) is 7.60. The molecule has 0 unspecified atom stereocenters. The van der Waals surface area contributed by atoms with Crippen LogP contribution in [-0.4, -0.2) is 35.6 Å². The summed E-state index contributed by atoms with van der Waals surface area (Å²) in [4.78, 5) is 0. The van der Waals surface area contributed by atoms with Crippen molar-refractivity contribution in [1.29, 1.82) is 0 Å². The van der Waals surface area contributed by atoms with Gasteiger partial charge in [0.05, 0.1) is 16.8 Å². The van der Waals surface area contributed by atoms with Crippen LogP contribution in [0.3, 0.4) is 0 Å². The predicted molar refractivity (Wildman–Crippen MR) is 84.0 cm³/mol. The lowest BCUT2D eigenvalue weighted by Crippen LogP contribution is -2.41. The van der Waals surface area contributed by atoms with E-state index >= 15 is 0 Å². The van der Waals surface area contributed by atoms with Gasteiger partial charge in [-0.15, -0.1) is 0 Å². The normalized spacial score (nSPS) is 20.6. The minimum absolute atomic E-state index is 0.253. The maximum Gasteiger partial charge on any atom is 0.494 e. The molecule has 0 bridgehead atoms. The fourth-order valence-electron chi connectivity index (χ4n) is 1.96. The maximum absolute atomic E-state index is 9.66. The van der Waals surface area contributed by atoms with E-state index in [1.54, 1.807) is 13.8 Å². The first-order valence-electron chi connectivity index (χ1n) is 7.31. The highest BCUT2D eigenvalue weighted by Gasteiger charge is 2.51. The van der Waals surface area contributed by atoms with E-state index in [2.05, 4.69) is 0 Å². The first kappa shape index (κ1) is 16.3. The average molecular weight is 292 g/mol. The van der Waals surface area contributed by atoms with Crippen molar-refractivity contribution in [2.24, 2.45) is 0 Å². The molecule has 1 aromatic carbocycles. The molecule has 0 spiro atoms. The molecule has 2 rings (SSSR count). The quantitative estimate of drug-likeness (QED) is 0.864. The Kier molecular flexibility index (Phi) is 4.13. The summed E-state index contributed by atoms with van der Waals surface area (Å²) in [6.45, 7) is 11.8. The summed E-state index contributed by atoms with van der Waals surface area (Å²) in [5, 5.41) is 9.66. The minimum Gasteiger partial charge on any atom is -0.491 e. The van der Waals surface area contributed by atoms with Gasteiger partial charge in [0.2, 0.25) is 0 Å². The van der Waals surface area contributed by atoms with E-state index in [0.717, 1.165) is 11.2 Å². The topological polar surface area (TPSA) is 47.9 Å². The van der Waals surface area contributed by atoms with Gasteiger partial charge in [0.1, 0.15) is 12.4 Å². The van der Waals surface area contributed by atoms with Crippen LogP contribution >= 0.6 is 0 Å². The molecule has 1 aromatic rings. The molecule has 1 fully saturated rings. The van der Waals surface area contributed by atoms with Crippen molar-refractivity contribution in [3.63, 3.8) is 0 Å². The zero-order chi connectivity index (χ0) is 15.9. The predicted octanol–water partition coefficient (Wildman–Crippen LogP) is 2.14. The van der Waals surface area contributed by atoms with Crippen molar-refractivity contribution in [1.82, 2.24) is 0 Å². The Hall–Kier alpha value is -1.04. The molecule has 0 aromatic heterocycles. The van der Waals surface area contributed by atoms with Gasteiger partial charge >= 0.3 is 7.12 Å². The van der Waals surface area contributed by atoms with Gasteiger partial charge in [0, 0.05) is 0 Å². The second kappa shape index (κ2) is 5.31. The fourth-order valence-corrected chi connectivity index (χ4v) is 1.96. The Labute approximate surface area is 127 Å². The highest BCUT2D eigenvalue weighted by atomic mass is 16.7. The van der Waals surface area contributed by atoms with Gasteiger partial charge in [-0.1, -0.05) is 12.1 Å². The maximum atomic E-state index is 9.66. The Balaban J connectivity index is 2.04. The zero-order valence-electron chi connectivity index (χ0n) is 13.8. The summed E-state index contributed by atoms with van der Waals surface area (Å²) < 4.78 is 17.5. The van der Waals surface area contributed by atoms with E-state index in [0.29, 0.717) is 0 Å². The number of rotatable bonds is 4. The molecule has 0 atom stereocenters. The Morgan fingerprint density at radius 3 is 1.95 bits per heavy atom. The summed E-state index contributed by atoms with van der Waals surface area (Å²) in [5.74, 6) is 0.720. The Morgan fingerprint density at radius 2 is 1.52 bits per heavy atom. The van der Waals surface area contributed by atoms with E-state index in [-0.39, 0.29) is 24.9 Å². The van der Waals surface area contributed by atoms with Gasteiger partial charge in [-0.05, 0) is 59.1 Å². The van der Waals surface area contributed by atoms with Crippen molar-refractivity contribution < 1.29 is 19.2 Å². The molecule has 0 radical (unpaired) electrons. The fraction of sp³-hybridized carbons (Fsp3) is 0.625. The molecule has 5 heteroatoms. The number of ether oxygens (including phenoxy) is 1. The first-order valence-corrected chi connectivity index (χ1v) is 7.31. The lowest BCUT2D eigenvalue weighted by atomic mass is 9.79. The van der Waals surface area contributed by atoms with Gasteiger partial charge in [-0.3, -0.25) is 0 Å². The average Bonchev–Trinajstić information content (AvgIpc) is 2.56. The van der Waals surface area contributed by atoms with Crippen LogP contribution < -0.4 is 10.2 Å². The van der Waals surface area contributed by atoms with Crippen LogP contribution in [0.4, 0.5) is 0 Å². The van der Waals surface area contributed by atoms with E-state index < -0.39 is 5.60 Å². The monoisotopic (exact) mass is 292 g/mol. The van der Waals surface area contributed by atoms with Gasteiger partial charge in [0.25, 0.3) is 0 Å². The first-order chi connectivity index (χ1) is 9.50. The largest absolute Gasteiger partial charge is 0.494 e. The molecule has 1 aliphatic rings. The molecule has 0 saturated carbocycles. The summed E-state index contributed by atoms with van der Waals surface area (Å²) in [5.41, 5.74) is -0.560. The van der Waals surface area contributed by atoms with Crippen molar-refractivity contribution in [3.05, 3.63) is 24.3 Å². The van der Waals surface area contributed by atoms with Crippen LogP contribution in [0, 0.1) is 0 Å². The second-order valence-corrected chi connectivity index (χ2v) is 7.26. The number of aliphatic hydroxyl groups is 1. The molecule has 0 aliphatic carbocycles. The molecule has 1 heterocycles. The molecule has 1 saturated heterocycles. The lowest BCUT2D eigenvalue weighted by Gasteiger charge is -2.32. The molecule has 116 valence electrons. The zero-order valence-corrected chi connectivity index (χ0v) is 13.8. The Bertz CT molecular complexity index is 472. The number of benzene rings is 1. The molecule has 4 nitrogen and oxygen atoms in total. The van der Waals surface area contributed by atoms with Crippen LogP contribution in [0.5, 0.6) is 5.75 Å². The molecule has 1 aliphatic heterocycles. The standard InChI is InChI=1S/C16H25BO4/c1-14(2,18)11-19-13-9-7-12(8-10-13)17-20-15(3,4)16(5,6)21-17/h7-10,18H,11H2,1-6H3. The SMILES string of the molecule is CC(C)(O)COc1ccc(B2OC(C)(C)C(C)(C)O2)cc1. The highest BCUT2D eigenvalue weighted by molar-refractivity contribution is 6.62. The van der Waals surface area contributed by atoms with Crippen LogP contribution in [0.1, 0.15) is 41.5 Å². The van der Waals surface area contributed by atoms with Crippen molar-refractivity contribution in [2.45, 2.75) is 58.3 Å². The van der Waals surface area contributed by atoms with E-state index in [1.807, 2.05) is 52.0 Å². The molecule has 21 heavy (non-hydrogen) atoms. The Morgan fingerprint density at radius 1 is 1.05 bits per heavy atom. The van der Waals surface area contributed by atoms with Crippen LogP contribution in [0.15, 0.2) is 24.3 Å². The third-order valence-corrected chi connectivity index (χ3v) is 4.00. The third-order valence-electron chi connectivity index (χ3n) is 4.00. The lowest BCUT2D eigenvalue weighted by molar-refractivity contribution is 0.00578. The van der Waals surface area contributed by atoms with E-state index in [1.165, 1.54) is 0 Å². The van der Waals surface area contributed by atoms with Crippen LogP contribution in [-0.2, 0) is 9.31 Å². The molecule has 1 N–H and O–H groups in total.